The van der Waals surface area contributed by atoms with E-state index in [-0.39, 0.29) is 5.91 Å². The van der Waals surface area contributed by atoms with Crippen molar-refractivity contribution in [1.82, 2.24) is 9.80 Å². The van der Waals surface area contributed by atoms with E-state index in [1.165, 1.54) is 6.07 Å². The molecule has 1 aromatic carbocycles. The van der Waals surface area contributed by atoms with Crippen LogP contribution in [0.15, 0.2) is 12.1 Å². The second kappa shape index (κ2) is 7.24. The number of nitrogens with two attached hydrogens (primary N) is 1. The number of nitrogens with zero attached hydrogens (tertiary/aromatic N) is 2. The molecule has 1 rings (SSSR count). The van der Waals surface area contributed by atoms with Gasteiger partial charge in [-0.25, -0.2) is 4.39 Å². The molecule has 0 heterocycles. The predicted octanol–water partition coefficient (Wildman–Crippen LogP) is 2.13. The average Bonchev–Trinajstić information content (AvgIpc) is 2.39. The maximum Gasteiger partial charge on any atom is 0.254 e. The number of amides is 1. The van der Waals surface area contributed by atoms with Crippen LogP contribution in [0.2, 0.25) is 0 Å². The van der Waals surface area contributed by atoms with Crippen LogP contribution in [0.4, 0.5) is 10.1 Å². The molecule has 0 aromatic heterocycles. The van der Waals surface area contributed by atoms with Crippen molar-refractivity contribution >= 4 is 11.6 Å². The van der Waals surface area contributed by atoms with Crippen molar-refractivity contribution in [2.45, 2.75) is 20.3 Å². The standard InChI is InChI=1S/C15H24FN3O/c1-5-6-19(8-7-18(3)4)15(20)12-9-13(16)11(2)14(17)10-12/h9-10H,5-8,17H2,1-4H3. The summed E-state index contributed by atoms with van der Waals surface area (Å²) < 4.78 is 13.7. The van der Waals surface area contributed by atoms with E-state index in [1.807, 2.05) is 25.9 Å². The molecule has 0 saturated carbocycles. The zero-order chi connectivity index (χ0) is 15.3. The van der Waals surface area contributed by atoms with Crippen molar-refractivity contribution in [2.24, 2.45) is 0 Å². The normalized spacial score (nSPS) is 10.9. The first-order chi connectivity index (χ1) is 9.36. The van der Waals surface area contributed by atoms with Crippen molar-refractivity contribution in [1.29, 1.82) is 0 Å². The van der Waals surface area contributed by atoms with Crippen LogP contribution in [0.1, 0.15) is 29.3 Å². The predicted molar refractivity (Wildman–Crippen MR) is 80.3 cm³/mol. The third-order valence-electron chi connectivity index (χ3n) is 3.23. The summed E-state index contributed by atoms with van der Waals surface area (Å²) in [4.78, 5) is 16.2. The lowest BCUT2D eigenvalue weighted by Crippen LogP contribution is -2.37. The zero-order valence-electron chi connectivity index (χ0n) is 12.7. The summed E-state index contributed by atoms with van der Waals surface area (Å²) in [7, 11) is 3.91. The first kappa shape index (κ1) is 16.4. The summed E-state index contributed by atoms with van der Waals surface area (Å²) in [5, 5.41) is 0. The minimum absolute atomic E-state index is 0.167. The second-order valence-electron chi connectivity index (χ2n) is 5.27. The molecule has 0 unspecified atom stereocenters. The quantitative estimate of drug-likeness (QED) is 0.813. The molecule has 0 saturated heterocycles. The highest BCUT2D eigenvalue weighted by Crippen LogP contribution is 2.19. The van der Waals surface area contributed by atoms with E-state index in [9.17, 15) is 9.18 Å². The Morgan fingerprint density at radius 3 is 2.40 bits per heavy atom. The molecular weight excluding hydrogens is 257 g/mol. The van der Waals surface area contributed by atoms with Crippen LogP contribution in [0.3, 0.4) is 0 Å². The molecule has 0 aliphatic carbocycles. The summed E-state index contributed by atoms with van der Waals surface area (Å²) in [6.07, 6.45) is 0.864. The highest BCUT2D eigenvalue weighted by Gasteiger charge is 2.17. The maximum absolute atomic E-state index is 13.7. The Labute approximate surface area is 120 Å². The molecule has 0 radical (unpaired) electrons. The third kappa shape index (κ3) is 4.20. The number of carbonyl (C=O) groups excluding carboxylic acids is 1. The van der Waals surface area contributed by atoms with Gasteiger partial charge in [0, 0.05) is 36.4 Å². The SMILES string of the molecule is CCCN(CCN(C)C)C(=O)c1cc(N)c(C)c(F)c1. The number of carbonyl (C=O) groups is 1. The molecule has 0 atom stereocenters. The highest BCUT2D eigenvalue weighted by molar-refractivity contribution is 5.95. The summed E-state index contributed by atoms with van der Waals surface area (Å²) in [5.74, 6) is -0.600. The molecule has 1 amide bonds. The number of benzene rings is 1. The summed E-state index contributed by atoms with van der Waals surface area (Å²) in [6, 6.07) is 2.82. The number of hydrogen-bond acceptors (Lipinski definition) is 3. The van der Waals surface area contributed by atoms with Gasteiger partial charge in [-0.3, -0.25) is 4.79 Å². The lowest BCUT2D eigenvalue weighted by molar-refractivity contribution is 0.0744. The molecule has 0 aliphatic rings. The Bertz CT molecular complexity index is 451. The molecule has 0 bridgehead atoms. The van der Waals surface area contributed by atoms with Crippen LogP contribution in [-0.4, -0.2) is 49.4 Å². The van der Waals surface area contributed by atoms with E-state index in [0.717, 1.165) is 13.0 Å². The number of anilines is 1. The fourth-order valence-electron chi connectivity index (χ4n) is 1.91. The molecule has 0 aliphatic heterocycles. The van der Waals surface area contributed by atoms with Crippen molar-refractivity contribution < 1.29 is 9.18 Å². The lowest BCUT2D eigenvalue weighted by Gasteiger charge is -2.24. The number of halogens is 1. The first-order valence-corrected chi connectivity index (χ1v) is 6.86. The van der Waals surface area contributed by atoms with Gasteiger partial charge in [0.1, 0.15) is 5.82 Å². The van der Waals surface area contributed by atoms with Crippen LogP contribution >= 0.6 is 0 Å². The number of hydrogen-bond donors (Lipinski definition) is 1. The van der Waals surface area contributed by atoms with Gasteiger partial charge in [-0.15, -0.1) is 0 Å². The molecule has 2 N–H and O–H groups in total. The van der Waals surface area contributed by atoms with Crippen molar-refractivity contribution in [3.05, 3.63) is 29.1 Å². The van der Waals surface area contributed by atoms with Gasteiger partial charge in [-0.05, 0) is 39.6 Å². The van der Waals surface area contributed by atoms with Gasteiger partial charge in [-0.1, -0.05) is 6.92 Å². The minimum atomic E-state index is -0.433. The molecule has 0 spiro atoms. The topological polar surface area (TPSA) is 49.6 Å². The second-order valence-corrected chi connectivity index (χ2v) is 5.27. The van der Waals surface area contributed by atoms with E-state index in [4.69, 9.17) is 5.73 Å². The van der Waals surface area contributed by atoms with E-state index >= 15 is 0 Å². The van der Waals surface area contributed by atoms with Crippen molar-refractivity contribution in [3.8, 4) is 0 Å². The zero-order valence-corrected chi connectivity index (χ0v) is 12.7. The van der Waals surface area contributed by atoms with Crippen LogP contribution < -0.4 is 5.73 Å². The van der Waals surface area contributed by atoms with Gasteiger partial charge in [0.15, 0.2) is 0 Å². The Morgan fingerprint density at radius 2 is 1.90 bits per heavy atom. The fourth-order valence-corrected chi connectivity index (χ4v) is 1.91. The minimum Gasteiger partial charge on any atom is -0.398 e. The smallest absolute Gasteiger partial charge is 0.254 e. The number of nitrogen functional groups attached to an aromatic ring is 1. The Hall–Kier alpha value is -1.62. The van der Waals surface area contributed by atoms with Crippen molar-refractivity contribution in [3.63, 3.8) is 0 Å². The Morgan fingerprint density at radius 1 is 1.25 bits per heavy atom. The largest absolute Gasteiger partial charge is 0.398 e. The van der Waals surface area contributed by atoms with Crippen LogP contribution in [0, 0.1) is 12.7 Å². The van der Waals surface area contributed by atoms with Gasteiger partial charge < -0.3 is 15.5 Å². The molecule has 112 valence electrons. The Kier molecular flexibility index (Phi) is 5.95. The average molecular weight is 281 g/mol. The molecule has 5 heteroatoms. The number of rotatable bonds is 6. The Balaban J connectivity index is 2.94. The van der Waals surface area contributed by atoms with E-state index in [2.05, 4.69) is 0 Å². The highest BCUT2D eigenvalue weighted by atomic mass is 19.1. The molecular formula is C15H24FN3O. The van der Waals surface area contributed by atoms with Crippen molar-refractivity contribution in [2.75, 3.05) is 39.5 Å². The summed E-state index contributed by atoms with van der Waals surface area (Å²) >= 11 is 0. The van der Waals surface area contributed by atoms with Gasteiger partial charge in [0.2, 0.25) is 0 Å². The molecule has 20 heavy (non-hydrogen) atoms. The first-order valence-electron chi connectivity index (χ1n) is 6.86. The molecule has 1 aromatic rings. The van der Waals surface area contributed by atoms with Gasteiger partial charge in [0.25, 0.3) is 5.91 Å². The fraction of sp³-hybridized carbons (Fsp3) is 0.533. The third-order valence-corrected chi connectivity index (χ3v) is 3.23. The molecule has 0 fully saturated rings. The maximum atomic E-state index is 13.7. The van der Waals surface area contributed by atoms with E-state index in [1.54, 1.807) is 17.9 Å². The number of likely N-dealkylation sites (N-methyl/N-ethyl adjacent to an activating group) is 1. The van der Waals surface area contributed by atoms with E-state index < -0.39 is 5.82 Å². The van der Waals surface area contributed by atoms with Gasteiger partial charge in [0.05, 0.1) is 0 Å². The monoisotopic (exact) mass is 281 g/mol. The molecule has 4 nitrogen and oxygen atoms in total. The van der Waals surface area contributed by atoms with Crippen LogP contribution in [0.25, 0.3) is 0 Å². The summed E-state index contributed by atoms with van der Waals surface area (Å²) in [5.41, 5.74) is 6.76. The summed E-state index contributed by atoms with van der Waals surface area (Å²) in [6.45, 7) is 5.67. The van der Waals surface area contributed by atoms with Gasteiger partial charge in [-0.2, -0.15) is 0 Å². The van der Waals surface area contributed by atoms with Crippen LogP contribution in [0.5, 0.6) is 0 Å². The lowest BCUT2D eigenvalue weighted by atomic mass is 10.1. The van der Waals surface area contributed by atoms with Gasteiger partial charge >= 0.3 is 0 Å². The van der Waals surface area contributed by atoms with E-state index in [0.29, 0.717) is 29.9 Å². The van der Waals surface area contributed by atoms with Crippen LogP contribution in [-0.2, 0) is 0 Å².